The maximum Gasteiger partial charge on any atom is 0.261 e. The summed E-state index contributed by atoms with van der Waals surface area (Å²) >= 11 is 0. The van der Waals surface area contributed by atoms with Crippen molar-refractivity contribution in [2.75, 3.05) is 20.8 Å². The zero-order valence-electron chi connectivity index (χ0n) is 23.7. The number of carbonyl (C=O) groups excluding carboxylic acids is 2. The third kappa shape index (κ3) is 8.25. The van der Waals surface area contributed by atoms with E-state index in [9.17, 15) is 9.59 Å². The predicted octanol–water partition coefficient (Wildman–Crippen LogP) is 5.48. The Morgan fingerprint density at radius 3 is 2.10 bits per heavy atom. The third-order valence-electron chi connectivity index (χ3n) is 7.38. The fourth-order valence-electron chi connectivity index (χ4n) is 5.08. The standard InChI is InChI=1S/C33H40N2O5/c1-24-14-16-26(17-15-24)22-35(32(36)23-40-30-20-28(38-2)19-29(21-30)39-3)31(18-25-10-6-4-7-11-25)33(37)34-27-12-8-5-9-13-27/h4,6-7,10-11,14-17,19-21,27,31H,5,8-9,12-13,18,22-23H2,1-3H3,(H,34,37)/t31-/m0/s1. The van der Waals surface area contributed by atoms with Crippen molar-refractivity contribution >= 4 is 11.8 Å². The molecule has 0 saturated heterocycles. The minimum absolute atomic E-state index is 0.126. The van der Waals surface area contributed by atoms with Gasteiger partial charge in [-0.15, -0.1) is 0 Å². The second-order valence-electron chi connectivity index (χ2n) is 10.4. The molecule has 1 N–H and O–H groups in total. The molecule has 0 heterocycles. The van der Waals surface area contributed by atoms with Gasteiger partial charge in [-0.1, -0.05) is 79.4 Å². The second kappa shape index (κ2) is 14.4. The Morgan fingerprint density at radius 1 is 0.850 bits per heavy atom. The van der Waals surface area contributed by atoms with Crippen LogP contribution in [0.5, 0.6) is 17.2 Å². The normalized spacial score (nSPS) is 14.2. The fraction of sp³-hybridized carbons (Fsp3) is 0.394. The molecule has 7 heteroatoms. The van der Waals surface area contributed by atoms with Crippen LogP contribution >= 0.6 is 0 Å². The van der Waals surface area contributed by atoms with Gasteiger partial charge in [0.25, 0.3) is 5.91 Å². The first-order valence-electron chi connectivity index (χ1n) is 14.0. The van der Waals surface area contributed by atoms with Gasteiger partial charge in [-0.3, -0.25) is 9.59 Å². The van der Waals surface area contributed by atoms with Crippen molar-refractivity contribution < 1.29 is 23.8 Å². The van der Waals surface area contributed by atoms with E-state index in [2.05, 4.69) is 5.32 Å². The number of methoxy groups -OCH3 is 2. The molecule has 40 heavy (non-hydrogen) atoms. The van der Waals surface area contributed by atoms with E-state index < -0.39 is 6.04 Å². The number of amides is 2. The molecule has 212 valence electrons. The lowest BCUT2D eigenvalue weighted by Gasteiger charge is -2.33. The van der Waals surface area contributed by atoms with E-state index in [-0.39, 0.29) is 24.5 Å². The van der Waals surface area contributed by atoms with Gasteiger partial charge < -0.3 is 24.4 Å². The molecular weight excluding hydrogens is 504 g/mol. The van der Waals surface area contributed by atoms with Crippen LogP contribution in [0.2, 0.25) is 0 Å². The zero-order chi connectivity index (χ0) is 28.3. The largest absolute Gasteiger partial charge is 0.496 e. The van der Waals surface area contributed by atoms with Crippen molar-refractivity contribution in [2.24, 2.45) is 0 Å². The molecule has 0 aliphatic heterocycles. The number of nitrogens with one attached hydrogen (secondary N) is 1. The van der Waals surface area contributed by atoms with E-state index in [1.54, 1.807) is 37.3 Å². The number of ether oxygens (including phenoxy) is 3. The summed E-state index contributed by atoms with van der Waals surface area (Å²) in [4.78, 5) is 29.4. The van der Waals surface area contributed by atoms with Crippen molar-refractivity contribution in [3.8, 4) is 17.2 Å². The number of hydrogen-bond acceptors (Lipinski definition) is 5. The van der Waals surface area contributed by atoms with Crippen LogP contribution in [0.3, 0.4) is 0 Å². The summed E-state index contributed by atoms with van der Waals surface area (Å²) < 4.78 is 16.6. The van der Waals surface area contributed by atoms with E-state index >= 15 is 0 Å². The van der Waals surface area contributed by atoms with Crippen molar-refractivity contribution in [3.63, 3.8) is 0 Å². The van der Waals surface area contributed by atoms with Crippen LogP contribution in [0.4, 0.5) is 0 Å². The van der Waals surface area contributed by atoms with Crippen molar-refractivity contribution in [1.82, 2.24) is 10.2 Å². The van der Waals surface area contributed by atoms with Crippen LogP contribution in [-0.2, 0) is 22.6 Å². The molecule has 1 aliphatic rings. The second-order valence-corrected chi connectivity index (χ2v) is 10.4. The van der Waals surface area contributed by atoms with E-state index in [0.29, 0.717) is 30.2 Å². The lowest BCUT2D eigenvalue weighted by molar-refractivity contribution is -0.143. The van der Waals surface area contributed by atoms with Crippen molar-refractivity contribution in [3.05, 3.63) is 89.5 Å². The first-order valence-corrected chi connectivity index (χ1v) is 14.0. The smallest absolute Gasteiger partial charge is 0.261 e. The van der Waals surface area contributed by atoms with Gasteiger partial charge in [0.2, 0.25) is 5.91 Å². The molecule has 4 rings (SSSR count). The zero-order valence-corrected chi connectivity index (χ0v) is 23.7. The van der Waals surface area contributed by atoms with Gasteiger partial charge in [0, 0.05) is 37.2 Å². The van der Waals surface area contributed by atoms with Crippen LogP contribution in [0.15, 0.2) is 72.8 Å². The topological polar surface area (TPSA) is 77.1 Å². The summed E-state index contributed by atoms with van der Waals surface area (Å²) in [7, 11) is 3.12. The lowest BCUT2D eigenvalue weighted by atomic mass is 9.94. The number of carbonyl (C=O) groups is 2. The van der Waals surface area contributed by atoms with E-state index in [0.717, 1.165) is 42.4 Å². The maximum absolute atomic E-state index is 13.9. The van der Waals surface area contributed by atoms with Gasteiger partial charge in [-0.2, -0.15) is 0 Å². The Hall–Kier alpha value is -4.00. The average molecular weight is 545 g/mol. The molecule has 3 aromatic rings. The summed E-state index contributed by atoms with van der Waals surface area (Å²) in [5.74, 6) is 1.17. The minimum atomic E-state index is -0.693. The summed E-state index contributed by atoms with van der Waals surface area (Å²) in [6, 6.07) is 22.5. The molecule has 7 nitrogen and oxygen atoms in total. The van der Waals surface area contributed by atoms with Gasteiger partial charge in [0.1, 0.15) is 23.3 Å². The Labute approximate surface area is 237 Å². The first kappa shape index (κ1) is 29.0. The molecule has 3 aromatic carbocycles. The average Bonchev–Trinajstić information content (AvgIpc) is 2.99. The molecule has 2 amide bonds. The number of nitrogens with zero attached hydrogens (tertiary/aromatic N) is 1. The molecule has 1 atom stereocenters. The molecule has 0 aromatic heterocycles. The molecule has 1 fully saturated rings. The lowest BCUT2D eigenvalue weighted by Crippen LogP contribution is -2.53. The summed E-state index contributed by atoms with van der Waals surface area (Å²) in [6.07, 6.45) is 5.76. The number of rotatable bonds is 12. The maximum atomic E-state index is 13.9. The van der Waals surface area contributed by atoms with Gasteiger partial charge in [0.05, 0.1) is 14.2 Å². The highest BCUT2D eigenvalue weighted by atomic mass is 16.5. The van der Waals surface area contributed by atoms with Crippen LogP contribution in [-0.4, -0.2) is 49.6 Å². The number of benzene rings is 3. The summed E-state index contributed by atoms with van der Waals surface area (Å²) in [5, 5.41) is 3.27. The molecule has 0 radical (unpaired) electrons. The molecule has 1 aliphatic carbocycles. The molecule has 0 unspecified atom stereocenters. The molecule has 0 bridgehead atoms. The third-order valence-corrected chi connectivity index (χ3v) is 7.38. The van der Waals surface area contributed by atoms with Crippen LogP contribution in [0.1, 0.15) is 48.8 Å². The highest BCUT2D eigenvalue weighted by Crippen LogP contribution is 2.28. The van der Waals surface area contributed by atoms with E-state index in [1.165, 1.54) is 6.42 Å². The Bertz CT molecular complexity index is 1220. The van der Waals surface area contributed by atoms with Crippen LogP contribution in [0, 0.1) is 6.92 Å². The summed E-state index contributed by atoms with van der Waals surface area (Å²) in [6.45, 7) is 2.09. The van der Waals surface area contributed by atoms with Gasteiger partial charge >= 0.3 is 0 Å². The Morgan fingerprint density at radius 2 is 1.48 bits per heavy atom. The monoisotopic (exact) mass is 544 g/mol. The summed E-state index contributed by atoms with van der Waals surface area (Å²) in [5.41, 5.74) is 3.07. The molecule has 0 spiro atoms. The molecule has 1 saturated carbocycles. The number of aryl methyl sites for hydroxylation is 1. The fourth-order valence-corrected chi connectivity index (χ4v) is 5.08. The van der Waals surface area contributed by atoms with Crippen molar-refractivity contribution in [1.29, 1.82) is 0 Å². The first-order chi connectivity index (χ1) is 19.4. The highest BCUT2D eigenvalue weighted by molar-refractivity contribution is 5.88. The number of hydrogen-bond donors (Lipinski definition) is 1. The van der Waals surface area contributed by atoms with Crippen LogP contribution in [0.25, 0.3) is 0 Å². The van der Waals surface area contributed by atoms with Crippen molar-refractivity contribution in [2.45, 2.75) is 64.1 Å². The Kier molecular flexibility index (Phi) is 10.4. The quantitative estimate of drug-likeness (QED) is 0.327. The molecular formula is C33H40N2O5. The van der Waals surface area contributed by atoms with E-state index in [1.807, 2.05) is 61.5 Å². The van der Waals surface area contributed by atoms with E-state index in [4.69, 9.17) is 14.2 Å². The van der Waals surface area contributed by atoms with Crippen LogP contribution < -0.4 is 19.5 Å². The van der Waals surface area contributed by atoms with Gasteiger partial charge in [-0.05, 0) is 30.9 Å². The highest BCUT2D eigenvalue weighted by Gasteiger charge is 2.32. The van der Waals surface area contributed by atoms with Gasteiger partial charge in [0.15, 0.2) is 6.61 Å². The Balaban J connectivity index is 1.61. The van der Waals surface area contributed by atoms with Gasteiger partial charge in [-0.25, -0.2) is 0 Å². The predicted molar refractivity (Wildman–Crippen MR) is 156 cm³/mol. The minimum Gasteiger partial charge on any atom is -0.496 e. The SMILES string of the molecule is COc1cc(OC)cc(OCC(=O)N(Cc2ccc(C)cc2)[C@@H](Cc2ccccc2)C(=O)NC2CCCCC2)c1.